The molecule has 1 atom stereocenters. The summed E-state index contributed by atoms with van der Waals surface area (Å²) in [4.78, 5) is 4.23. The molecular weight excluding hydrogens is 301 g/mol. The van der Waals surface area contributed by atoms with Crippen LogP contribution < -0.4 is 5.32 Å². The lowest BCUT2D eigenvalue weighted by Gasteiger charge is -2.16. The zero-order valence-electron chi connectivity index (χ0n) is 11.3. The van der Waals surface area contributed by atoms with Crippen LogP contribution in [0.5, 0.6) is 0 Å². The molecule has 0 aliphatic heterocycles. The van der Waals surface area contributed by atoms with E-state index in [1.165, 1.54) is 12.1 Å². The zero-order valence-corrected chi connectivity index (χ0v) is 12.0. The predicted octanol–water partition coefficient (Wildman–Crippen LogP) is 4.26. The summed E-state index contributed by atoms with van der Waals surface area (Å²) in [6.45, 7) is 0. The lowest BCUT2D eigenvalue weighted by atomic mass is 10.0. The van der Waals surface area contributed by atoms with Crippen molar-refractivity contribution < 1.29 is 13.2 Å². The summed E-state index contributed by atoms with van der Waals surface area (Å²) in [6, 6.07) is 8.62. The summed E-state index contributed by atoms with van der Waals surface area (Å²) in [6.07, 6.45) is -2.21. The maximum Gasteiger partial charge on any atom is 0.416 e. The van der Waals surface area contributed by atoms with Crippen LogP contribution in [0.15, 0.2) is 42.6 Å². The van der Waals surface area contributed by atoms with E-state index in [0.29, 0.717) is 11.4 Å². The SMILES string of the molecule is CNC(Cc1ccc(C(F)(F)F)cc1)c1ccc(Cl)cn1. The fourth-order valence-corrected chi connectivity index (χ4v) is 2.13. The summed E-state index contributed by atoms with van der Waals surface area (Å²) in [5.74, 6) is 0. The number of rotatable bonds is 4. The van der Waals surface area contributed by atoms with E-state index in [-0.39, 0.29) is 6.04 Å². The minimum absolute atomic E-state index is 0.0843. The smallest absolute Gasteiger partial charge is 0.311 e. The van der Waals surface area contributed by atoms with Crippen LogP contribution in [0.3, 0.4) is 0 Å². The highest BCUT2D eigenvalue weighted by atomic mass is 35.5. The van der Waals surface area contributed by atoms with Crippen LogP contribution in [0.2, 0.25) is 5.02 Å². The number of benzene rings is 1. The molecule has 0 aliphatic carbocycles. The number of aromatic nitrogens is 1. The van der Waals surface area contributed by atoms with Gasteiger partial charge < -0.3 is 5.32 Å². The molecule has 0 spiro atoms. The highest BCUT2D eigenvalue weighted by Gasteiger charge is 2.30. The Balaban J connectivity index is 2.13. The molecule has 21 heavy (non-hydrogen) atoms. The van der Waals surface area contributed by atoms with Crippen molar-refractivity contribution in [1.29, 1.82) is 0 Å². The lowest BCUT2D eigenvalue weighted by Crippen LogP contribution is -2.20. The first kappa shape index (κ1) is 15.8. The maximum atomic E-state index is 12.5. The second-order valence-corrected chi connectivity index (χ2v) is 5.08. The van der Waals surface area contributed by atoms with Crippen LogP contribution in [0.4, 0.5) is 13.2 Å². The van der Waals surface area contributed by atoms with Crippen LogP contribution in [0.1, 0.15) is 22.9 Å². The van der Waals surface area contributed by atoms with Crippen molar-refractivity contribution in [3.8, 4) is 0 Å². The van der Waals surface area contributed by atoms with Gasteiger partial charge in [-0.05, 0) is 43.3 Å². The number of alkyl halides is 3. The van der Waals surface area contributed by atoms with Gasteiger partial charge in [0.15, 0.2) is 0 Å². The Hall–Kier alpha value is -1.59. The molecule has 1 aromatic carbocycles. The molecule has 0 bridgehead atoms. The fourth-order valence-electron chi connectivity index (χ4n) is 2.01. The Labute approximate surface area is 126 Å². The number of pyridine rings is 1. The molecule has 0 saturated heterocycles. The third kappa shape index (κ3) is 4.19. The minimum Gasteiger partial charge on any atom is -0.311 e. The van der Waals surface area contributed by atoms with Crippen LogP contribution in [-0.2, 0) is 12.6 Å². The molecule has 0 radical (unpaired) electrons. The van der Waals surface area contributed by atoms with E-state index in [2.05, 4.69) is 10.3 Å². The van der Waals surface area contributed by atoms with Crippen molar-refractivity contribution in [2.75, 3.05) is 7.05 Å². The zero-order chi connectivity index (χ0) is 15.5. The number of likely N-dealkylation sites (N-methyl/N-ethyl adjacent to an activating group) is 1. The van der Waals surface area contributed by atoms with Gasteiger partial charge in [-0.25, -0.2) is 0 Å². The molecule has 0 amide bonds. The van der Waals surface area contributed by atoms with Gasteiger partial charge in [-0.2, -0.15) is 13.2 Å². The van der Waals surface area contributed by atoms with Crippen molar-refractivity contribution in [1.82, 2.24) is 10.3 Å². The van der Waals surface area contributed by atoms with E-state index in [9.17, 15) is 13.2 Å². The van der Waals surface area contributed by atoms with Crippen molar-refractivity contribution in [2.45, 2.75) is 18.6 Å². The van der Waals surface area contributed by atoms with Gasteiger partial charge in [-0.15, -0.1) is 0 Å². The van der Waals surface area contributed by atoms with Gasteiger partial charge in [0.2, 0.25) is 0 Å². The molecule has 112 valence electrons. The Morgan fingerprint density at radius 2 is 1.81 bits per heavy atom. The number of nitrogens with one attached hydrogen (secondary N) is 1. The Kier molecular flexibility index (Phi) is 4.85. The fraction of sp³-hybridized carbons (Fsp3) is 0.267. The average molecular weight is 315 g/mol. The minimum atomic E-state index is -4.31. The van der Waals surface area contributed by atoms with E-state index in [0.717, 1.165) is 23.4 Å². The predicted molar refractivity (Wildman–Crippen MR) is 76.2 cm³/mol. The molecule has 2 nitrogen and oxygen atoms in total. The molecule has 0 aliphatic rings. The van der Waals surface area contributed by atoms with Gasteiger partial charge >= 0.3 is 6.18 Å². The average Bonchev–Trinajstić information content (AvgIpc) is 2.45. The van der Waals surface area contributed by atoms with Crippen molar-refractivity contribution in [2.24, 2.45) is 0 Å². The number of halogens is 4. The topological polar surface area (TPSA) is 24.9 Å². The molecular formula is C15H14ClF3N2. The highest BCUT2D eigenvalue weighted by Crippen LogP contribution is 2.29. The molecule has 0 saturated carbocycles. The maximum absolute atomic E-state index is 12.5. The van der Waals surface area contributed by atoms with Crippen molar-refractivity contribution in [3.05, 3.63) is 64.4 Å². The Morgan fingerprint density at radius 1 is 1.14 bits per heavy atom. The first-order valence-electron chi connectivity index (χ1n) is 6.35. The highest BCUT2D eigenvalue weighted by molar-refractivity contribution is 6.30. The van der Waals surface area contributed by atoms with Crippen LogP contribution >= 0.6 is 11.6 Å². The number of nitrogens with zero attached hydrogens (tertiary/aromatic N) is 1. The molecule has 1 unspecified atom stereocenters. The molecule has 1 N–H and O–H groups in total. The Bertz CT molecular complexity index is 579. The third-order valence-corrected chi connectivity index (χ3v) is 3.40. The number of hydrogen-bond acceptors (Lipinski definition) is 2. The summed E-state index contributed by atoms with van der Waals surface area (Å²) in [5, 5.41) is 3.65. The lowest BCUT2D eigenvalue weighted by molar-refractivity contribution is -0.137. The van der Waals surface area contributed by atoms with Gasteiger partial charge in [0.25, 0.3) is 0 Å². The van der Waals surface area contributed by atoms with Crippen LogP contribution in [0, 0.1) is 0 Å². The third-order valence-electron chi connectivity index (χ3n) is 3.18. The number of hydrogen-bond donors (Lipinski definition) is 1. The molecule has 1 aromatic heterocycles. The molecule has 6 heteroatoms. The first-order chi connectivity index (χ1) is 9.90. The van der Waals surface area contributed by atoms with E-state index in [1.807, 2.05) is 0 Å². The monoisotopic (exact) mass is 314 g/mol. The van der Waals surface area contributed by atoms with Gasteiger partial charge in [0.1, 0.15) is 0 Å². The van der Waals surface area contributed by atoms with Crippen LogP contribution in [-0.4, -0.2) is 12.0 Å². The largest absolute Gasteiger partial charge is 0.416 e. The quantitative estimate of drug-likeness (QED) is 0.912. The standard InChI is InChI=1S/C15H14ClF3N2/c1-20-14(13-7-6-12(16)9-21-13)8-10-2-4-11(5-3-10)15(17,18)19/h2-7,9,14,20H,8H2,1H3. The molecule has 1 heterocycles. The summed E-state index contributed by atoms with van der Waals surface area (Å²) >= 11 is 5.79. The summed E-state index contributed by atoms with van der Waals surface area (Å²) < 4.78 is 37.5. The van der Waals surface area contributed by atoms with Gasteiger partial charge in [0, 0.05) is 6.20 Å². The van der Waals surface area contributed by atoms with E-state index in [4.69, 9.17) is 11.6 Å². The van der Waals surface area contributed by atoms with Crippen molar-refractivity contribution in [3.63, 3.8) is 0 Å². The Morgan fingerprint density at radius 3 is 2.29 bits per heavy atom. The summed E-state index contributed by atoms with van der Waals surface area (Å²) in [5.41, 5.74) is 0.956. The molecule has 2 rings (SSSR count). The normalized spacial score (nSPS) is 13.2. The second-order valence-electron chi connectivity index (χ2n) is 4.64. The van der Waals surface area contributed by atoms with Crippen molar-refractivity contribution >= 4 is 11.6 Å². The van der Waals surface area contributed by atoms with Gasteiger partial charge in [0.05, 0.1) is 22.3 Å². The van der Waals surface area contributed by atoms with E-state index in [1.54, 1.807) is 25.4 Å². The van der Waals surface area contributed by atoms with Gasteiger partial charge in [-0.1, -0.05) is 23.7 Å². The second kappa shape index (κ2) is 6.45. The van der Waals surface area contributed by atoms with E-state index < -0.39 is 11.7 Å². The molecule has 2 aromatic rings. The van der Waals surface area contributed by atoms with Gasteiger partial charge in [-0.3, -0.25) is 4.98 Å². The van der Waals surface area contributed by atoms with Crippen LogP contribution in [0.25, 0.3) is 0 Å². The van der Waals surface area contributed by atoms with E-state index >= 15 is 0 Å². The summed E-state index contributed by atoms with van der Waals surface area (Å²) in [7, 11) is 1.78. The first-order valence-corrected chi connectivity index (χ1v) is 6.73. The molecule has 0 fully saturated rings.